The molecule has 1 aliphatic rings. The van der Waals surface area contributed by atoms with E-state index in [9.17, 15) is 16.1 Å². The van der Waals surface area contributed by atoms with Gasteiger partial charge in [0.05, 0.1) is 20.4 Å². The molecule has 33 heavy (non-hydrogen) atoms. The predicted octanol–water partition coefficient (Wildman–Crippen LogP) is 5.22. The van der Waals surface area contributed by atoms with E-state index in [1.807, 2.05) is 13.8 Å². The topological polar surface area (TPSA) is 78.9 Å². The van der Waals surface area contributed by atoms with E-state index in [1.165, 1.54) is 18.2 Å². The minimum atomic E-state index is -1.97. The molecule has 6 heteroatoms. The number of rotatable bonds is 10. The largest absolute Gasteiger partial charge is 0.493 e. The number of para-hydroxylation sites is 1. The zero-order valence-electron chi connectivity index (χ0n) is 24.5. The van der Waals surface area contributed by atoms with Gasteiger partial charge in [0.15, 0.2) is 0 Å². The van der Waals surface area contributed by atoms with Crippen molar-refractivity contribution in [3.63, 3.8) is 0 Å². The van der Waals surface area contributed by atoms with Crippen LogP contribution in [0.25, 0.3) is 0 Å². The zero-order chi connectivity index (χ0) is 28.3. The summed E-state index contributed by atoms with van der Waals surface area (Å²) < 4.78 is 49.1. The van der Waals surface area contributed by atoms with Crippen LogP contribution in [0.2, 0.25) is 0 Å². The molecule has 6 nitrogen and oxygen atoms in total. The second-order valence-electron chi connectivity index (χ2n) is 8.39. The predicted molar refractivity (Wildman–Crippen MR) is 131 cm³/mol. The third-order valence-electron chi connectivity index (χ3n) is 5.21. The number of carbonyl (C=O) groups excluding carboxylic acids is 1. The lowest BCUT2D eigenvalue weighted by molar-refractivity contribution is -0.121. The number of amides is 1. The molecular weight excluding hydrogens is 416 g/mol. The number of benzene rings is 2. The van der Waals surface area contributed by atoms with E-state index in [1.54, 1.807) is 31.2 Å². The molecule has 0 saturated carbocycles. The molecule has 0 unspecified atom stereocenters. The summed E-state index contributed by atoms with van der Waals surface area (Å²) in [5.41, 5.74) is 1.06. The maximum Gasteiger partial charge on any atom is 0.339 e. The molecule has 1 amide bonds. The van der Waals surface area contributed by atoms with Crippen molar-refractivity contribution in [3.8, 4) is 5.75 Å². The number of ether oxygens (including phenoxy) is 1. The van der Waals surface area contributed by atoms with Gasteiger partial charge in [0.1, 0.15) is 11.3 Å². The Bertz CT molecular complexity index is 1160. The Labute approximate surface area is 204 Å². The van der Waals surface area contributed by atoms with Gasteiger partial charge < -0.3 is 20.1 Å². The van der Waals surface area contributed by atoms with Crippen LogP contribution in [0.5, 0.6) is 5.75 Å². The van der Waals surface area contributed by atoms with Crippen molar-refractivity contribution >= 4 is 17.6 Å². The van der Waals surface area contributed by atoms with Crippen molar-refractivity contribution in [1.82, 2.24) is 5.32 Å². The van der Waals surface area contributed by atoms with Gasteiger partial charge in [0, 0.05) is 24.2 Å². The van der Waals surface area contributed by atoms with E-state index in [0.29, 0.717) is 17.5 Å². The normalized spacial score (nSPS) is 21.0. The first-order chi connectivity index (χ1) is 17.7. The average molecular weight is 458 g/mol. The number of nitrogens with zero attached hydrogens (tertiary/aromatic N) is 1. The van der Waals surface area contributed by atoms with Crippen molar-refractivity contribution in [3.05, 3.63) is 59.2 Å². The second-order valence-corrected chi connectivity index (χ2v) is 8.39. The number of nitrogens with one attached hydrogen (secondary N) is 1. The van der Waals surface area contributed by atoms with Gasteiger partial charge >= 0.3 is 5.97 Å². The fourth-order valence-corrected chi connectivity index (χ4v) is 3.78. The summed E-state index contributed by atoms with van der Waals surface area (Å²) in [6.07, 6.45) is 0.773. The number of hydrogen-bond donors (Lipinski definition) is 2. The molecule has 1 aliphatic heterocycles. The molecule has 0 spiro atoms. The lowest BCUT2D eigenvalue weighted by Crippen LogP contribution is -2.34. The maximum absolute atomic E-state index is 13.3. The number of aromatic carboxylic acids is 1. The number of carbonyl (C=O) groups is 2. The Morgan fingerprint density at radius 3 is 2.58 bits per heavy atom. The van der Waals surface area contributed by atoms with Gasteiger partial charge in [0.25, 0.3) is 0 Å². The zero-order valence-corrected chi connectivity index (χ0v) is 19.5. The molecule has 2 aromatic carbocycles. The van der Waals surface area contributed by atoms with E-state index in [0.717, 1.165) is 4.90 Å². The van der Waals surface area contributed by atoms with Crippen LogP contribution < -0.4 is 15.0 Å². The summed E-state index contributed by atoms with van der Waals surface area (Å²) in [6, 6.07) is 9.36. The molecule has 178 valence electrons. The van der Waals surface area contributed by atoms with Crippen LogP contribution in [-0.4, -0.2) is 36.6 Å². The van der Waals surface area contributed by atoms with Gasteiger partial charge in [-0.2, -0.15) is 0 Å². The second kappa shape index (κ2) is 11.7. The van der Waals surface area contributed by atoms with Crippen LogP contribution in [-0.2, 0) is 11.2 Å². The average Bonchev–Trinajstić information content (AvgIpc) is 2.77. The van der Waals surface area contributed by atoms with E-state index in [-0.39, 0.29) is 55.2 Å². The van der Waals surface area contributed by atoms with E-state index in [4.69, 9.17) is 10.2 Å². The highest BCUT2D eigenvalue weighted by Crippen LogP contribution is 2.32. The third-order valence-corrected chi connectivity index (χ3v) is 5.21. The summed E-state index contributed by atoms with van der Waals surface area (Å²) >= 11 is 0. The first-order valence-corrected chi connectivity index (χ1v) is 11.4. The summed E-state index contributed by atoms with van der Waals surface area (Å²) in [6.45, 7) is 1.88. The van der Waals surface area contributed by atoms with Crippen molar-refractivity contribution < 1.29 is 26.3 Å². The van der Waals surface area contributed by atoms with Gasteiger partial charge in [-0.05, 0) is 67.9 Å². The van der Waals surface area contributed by atoms with Gasteiger partial charge in [-0.1, -0.05) is 38.1 Å². The number of anilines is 1. The number of piperidine rings is 1. The lowest BCUT2D eigenvalue weighted by Gasteiger charge is -2.33. The van der Waals surface area contributed by atoms with Crippen LogP contribution in [0.3, 0.4) is 0 Å². The minimum absolute atomic E-state index is 0.00958. The SMILES string of the molecule is [2H]C1([2H])CCCC([2H])([2H])N1c1ccccc1[C@]([2H])(CC(C)C)NC(=O)Cc1ccc(C(=O)O)c(OCC)c1. The monoisotopic (exact) mass is 457 g/mol. The highest BCUT2D eigenvalue weighted by Gasteiger charge is 2.23. The molecule has 0 aromatic heterocycles. The van der Waals surface area contributed by atoms with Gasteiger partial charge in [-0.25, -0.2) is 4.79 Å². The molecule has 0 radical (unpaired) electrons. The molecular formula is C27H36N2O4. The molecule has 1 heterocycles. The smallest absolute Gasteiger partial charge is 0.339 e. The molecule has 3 rings (SSSR count). The lowest BCUT2D eigenvalue weighted by atomic mass is 9.94. The van der Waals surface area contributed by atoms with E-state index < -0.39 is 30.9 Å². The molecule has 1 atom stereocenters. The molecule has 0 aliphatic carbocycles. The van der Waals surface area contributed by atoms with Crippen LogP contribution >= 0.6 is 0 Å². The van der Waals surface area contributed by atoms with Gasteiger partial charge in [-0.3, -0.25) is 4.79 Å². The summed E-state index contributed by atoms with van der Waals surface area (Å²) in [5.74, 6) is -1.48. The Hall–Kier alpha value is -3.02. The number of carboxylic acids is 1. The first-order valence-electron chi connectivity index (χ1n) is 13.9. The molecule has 2 N–H and O–H groups in total. The standard InChI is InChI=1S/C27H36N2O4/c1-4-33-25-17-20(12-13-22(25)27(31)32)18-26(30)28-23(16-19(2)3)21-10-6-7-11-24(21)29-14-8-5-9-15-29/h6-7,10-13,17,19,23H,4-5,8-9,14-16,18H2,1-3H3,(H,28,30)(H,31,32)/t23-/m0/s1/i14D2,15D2,23D. The van der Waals surface area contributed by atoms with Crippen molar-refractivity contribution in [1.29, 1.82) is 0 Å². The molecule has 1 fully saturated rings. The third kappa shape index (κ3) is 6.73. The van der Waals surface area contributed by atoms with Gasteiger partial charge in [-0.15, -0.1) is 0 Å². The van der Waals surface area contributed by atoms with E-state index >= 15 is 0 Å². The Morgan fingerprint density at radius 2 is 1.91 bits per heavy atom. The minimum Gasteiger partial charge on any atom is -0.493 e. The molecule has 1 saturated heterocycles. The number of hydrogen-bond acceptors (Lipinski definition) is 4. The summed E-state index contributed by atoms with van der Waals surface area (Å²) in [7, 11) is 0. The maximum atomic E-state index is 13.3. The fourth-order valence-electron chi connectivity index (χ4n) is 3.78. The Kier molecular flexibility index (Phi) is 6.54. The van der Waals surface area contributed by atoms with Gasteiger partial charge in [0.2, 0.25) is 5.91 Å². The number of carboxylic acid groups (broad SMARTS) is 1. The molecule has 2 aromatic rings. The highest BCUT2D eigenvalue weighted by atomic mass is 16.5. The fraction of sp³-hybridized carbons (Fsp3) is 0.481. The Balaban J connectivity index is 1.98. The van der Waals surface area contributed by atoms with Crippen LogP contribution in [0.1, 0.15) is 80.8 Å². The van der Waals surface area contributed by atoms with Crippen LogP contribution in [0.15, 0.2) is 42.5 Å². The molecule has 0 bridgehead atoms. The quantitative estimate of drug-likeness (QED) is 0.511. The summed E-state index contributed by atoms with van der Waals surface area (Å²) in [4.78, 5) is 25.9. The van der Waals surface area contributed by atoms with Crippen molar-refractivity contribution in [2.45, 2.75) is 58.9 Å². The Morgan fingerprint density at radius 1 is 1.18 bits per heavy atom. The van der Waals surface area contributed by atoms with Crippen LogP contribution in [0, 0.1) is 5.92 Å². The highest BCUT2D eigenvalue weighted by molar-refractivity contribution is 5.91. The van der Waals surface area contributed by atoms with Crippen molar-refractivity contribution in [2.24, 2.45) is 5.92 Å². The first kappa shape index (κ1) is 18.4. The summed E-state index contributed by atoms with van der Waals surface area (Å²) in [5, 5.41) is 12.2. The van der Waals surface area contributed by atoms with Crippen molar-refractivity contribution in [2.75, 3.05) is 24.5 Å². The van der Waals surface area contributed by atoms with E-state index in [2.05, 4.69) is 5.32 Å². The van der Waals surface area contributed by atoms with Crippen LogP contribution in [0.4, 0.5) is 5.69 Å².